The Morgan fingerprint density at radius 2 is 2.41 bits per heavy atom. The first-order valence-corrected chi connectivity index (χ1v) is 6.43. The van der Waals surface area contributed by atoms with Crippen LogP contribution in [0.2, 0.25) is 5.15 Å². The normalized spacial score (nSPS) is 26.1. The van der Waals surface area contributed by atoms with E-state index in [-0.39, 0.29) is 0 Å². The number of ether oxygens (including phenoxy) is 1. The summed E-state index contributed by atoms with van der Waals surface area (Å²) in [7, 11) is 1.79. The zero-order valence-electron chi connectivity index (χ0n) is 10.4. The Labute approximate surface area is 108 Å². The maximum Gasteiger partial charge on any atom is 0.133 e. The first-order valence-electron chi connectivity index (χ1n) is 6.05. The van der Waals surface area contributed by atoms with Gasteiger partial charge in [0.2, 0.25) is 0 Å². The Balaban J connectivity index is 1.98. The van der Waals surface area contributed by atoms with Crippen LogP contribution >= 0.6 is 11.6 Å². The highest BCUT2D eigenvalue weighted by Crippen LogP contribution is 2.22. The van der Waals surface area contributed by atoms with Gasteiger partial charge in [0.25, 0.3) is 0 Å². The molecule has 0 N–H and O–H groups in total. The number of piperidine rings is 1. The predicted molar refractivity (Wildman–Crippen MR) is 69.1 cm³/mol. The summed E-state index contributed by atoms with van der Waals surface area (Å²) in [4.78, 5) is 6.49. The monoisotopic (exact) mass is 254 g/mol. The van der Waals surface area contributed by atoms with Crippen LogP contribution in [0, 0.1) is 5.92 Å². The van der Waals surface area contributed by atoms with Crippen molar-refractivity contribution in [3.05, 3.63) is 29.0 Å². The standard InChI is InChI=1S/C13H19ClN2O/c1-10-5-7-16(9-12(10)17-2)8-11-4-3-6-15-13(11)14/h3-4,6,10,12H,5,7-9H2,1-2H3. The van der Waals surface area contributed by atoms with Gasteiger partial charge in [-0.15, -0.1) is 0 Å². The van der Waals surface area contributed by atoms with Crippen LogP contribution in [-0.4, -0.2) is 36.2 Å². The number of likely N-dealkylation sites (tertiary alicyclic amines) is 1. The third-order valence-electron chi connectivity index (χ3n) is 3.51. The molecule has 2 unspecified atom stereocenters. The van der Waals surface area contributed by atoms with E-state index in [4.69, 9.17) is 16.3 Å². The van der Waals surface area contributed by atoms with Gasteiger partial charge in [-0.3, -0.25) is 4.90 Å². The van der Waals surface area contributed by atoms with Crippen molar-refractivity contribution in [2.75, 3.05) is 20.2 Å². The number of pyridine rings is 1. The molecule has 0 amide bonds. The maximum atomic E-state index is 6.07. The summed E-state index contributed by atoms with van der Waals surface area (Å²) in [6.07, 6.45) is 3.23. The Morgan fingerprint density at radius 1 is 1.59 bits per heavy atom. The molecule has 4 heteroatoms. The van der Waals surface area contributed by atoms with E-state index in [0.717, 1.165) is 25.2 Å². The summed E-state index contributed by atoms with van der Waals surface area (Å²) in [6, 6.07) is 3.97. The molecular formula is C13H19ClN2O. The van der Waals surface area contributed by atoms with Gasteiger partial charge in [-0.2, -0.15) is 0 Å². The van der Waals surface area contributed by atoms with Crippen molar-refractivity contribution in [2.45, 2.75) is 26.0 Å². The molecule has 1 aromatic heterocycles. The molecular weight excluding hydrogens is 236 g/mol. The Bertz CT molecular complexity index is 372. The molecule has 94 valence electrons. The van der Waals surface area contributed by atoms with Crippen molar-refractivity contribution in [3.63, 3.8) is 0 Å². The lowest BCUT2D eigenvalue weighted by Crippen LogP contribution is -2.43. The van der Waals surface area contributed by atoms with Crippen LogP contribution in [0.25, 0.3) is 0 Å². The van der Waals surface area contributed by atoms with Gasteiger partial charge in [-0.25, -0.2) is 4.98 Å². The van der Waals surface area contributed by atoms with Crippen LogP contribution in [0.1, 0.15) is 18.9 Å². The molecule has 2 rings (SSSR count). The van der Waals surface area contributed by atoms with Gasteiger partial charge in [0.15, 0.2) is 0 Å². The third-order valence-corrected chi connectivity index (χ3v) is 3.85. The minimum Gasteiger partial charge on any atom is -0.380 e. The lowest BCUT2D eigenvalue weighted by molar-refractivity contribution is -0.00746. The minimum atomic E-state index is 0.333. The summed E-state index contributed by atoms with van der Waals surface area (Å²) in [5.41, 5.74) is 1.10. The van der Waals surface area contributed by atoms with Crippen molar-refractivity contribution in [3.8, 4) is 0 Å². The van der Waals surface area contributed by atoms with Crippen molar-refractivity contribution in [2.24, 2.45) is 5.92 Å². The van der Waals surface area contributed by atoms with E-state index >= 15 is 0 Å². The minimum absolute atomic E-state index is 0.333. The zero-order valence-corrected chi connectivity index (χ0v) is 11.2. The van der Waals surface area contributed by atoms with Gasteiger partial charge in [0.05, 0.1) is 6.10 Å². The lowest BCUT2D eigenvalue weighted by Gasteiger charge is -2.36. The largest absolute Gasteiger partial charge is 0.380 e. The van der Waals surface area contributed by atoms with E-state index < -0.39 is 0 Å². The Hall–Kier alpha value is -0.640. The van der Waals surface area contributed by atoms with Crippen LogP contribution in [0.3, 0.4) is 0 Å². The van der Waals surface area contributed by atoms with E-state index in [1.807, 2.05) is 12.1 Å². The van der Waals surface area contributed by atoms with Crippen molar-refractivity contribution < 1.29 is 4.74 Å². The molecule has 17 heavy (non-hydrogen) atoms. The van der Waals surface area contributed by atoms with E-state index in [9.17, 15) is 0 Å². The second-order valence-corrected chi connectivity index (χ2v) is 5.09. The lowest BCUT2D eigenvalue weighted by atomic mass is 9.95. The van der Waals surface area contributed by atoms with E-state index in [2.05, 4.69) is 16.8 Å². The number of hydrogen-bond donors (Lipinski definition) is 0. The molecule has 1 saturated heterocycles. The summed E-state index contributed by atoms with van der Waals surface area (Å²) in [6.45, 7) is 5.19. The van der Waals surface area contributed by atoms with E-state index in [1.165, 1.54) is 6.42 Å². The van der Waals surface area contributed by atoms with Gasteiger partial charge in [-0.1, -0.05) is 24.6 Å². The highest BCUT2D eigenvalue weighted by molar-refractivity contribution is 6.30. The van der Waals surface area contributed by atoms with Gasteiger partial charge < -0.3 is 4.74 Å². The van der Waals surface area contributed by atoms with Crippen molar-refractivity contribution in [1.29, 1.82) is 0 Å². The number of methoxy groups -OCH3 is 1. The first-order chi connectivity index (χ1) is 8.20. The molecule has 2 heterocycles. The summed E-state index contributed by atoms with van der Waals surface area (Å²) >= 11 is 6.07. The SMILES string of the molecule is COC1CN(Cc2cccnc2Cl)CCC1C. The average Bonchev–Trinajstić information content (AvgIpc) is 2.34. The first kappa shape index (κ1) is 12.8. The maximum absolute atomic E-state index is 6.07. The van der Waals surface area contributed by atoms with Crippen LogP contribution in [0.15, 0.2) is 18.3 Å². The third kappa shape index (κ3) is 3.18. The van der Waals surface area contributed by atoms with Gasteiger partial charge in [0, 0.05) is 32.0 Å². The molecule has 1 fully saturated rings. The molecule has 0 aliphatic carbocycles. The number of nitrogens with zero attached hydrogens (tertiary/aromatic N) is 2. The fraction of sp³-hybridized carbons (Fsp3) is 0.615. The van der Waals surface area contributed by atoms with Gasteiger partial charge in [0.1, 0.15) is 5.15 Å². The fourth-order valence-electron chi connectivity index (χ4n) is 2.33. The Kier molecular flexibility index (Phi) is 4.37. The Morgan fingerprint density at radius 3 is 3.12 bits per heavy atom. The van der Waals surface area contributed by atoms with Crippen LogP contribution in [-0.2, 0) is 11.3 Å². The zero-order chi connectivity index (χ0) is 12.3. The van der Waals surface area contributed by atoms with Crippen LogP contribution in [0.4, 0.5) is 0 Å². The van der Waals surface area contributed by atoms with Gasteiger partial charge in [-0.05, 0) is 24.9 Å². The second kappa shape index (κ2) is 5.80. The topological polar surface area (TPSA) is 25.4 Å². The highest BCUT2D eigenvalue weighted by atomic mass is 35.5. The summed E-state index contributed by atoms with van der Waals surface area (Å²) in [5.74, 6) is 0.639. The fourth-order valence-corrected chi connectivity index (χ4v) is 2.51. The number of hydrogen-bond acceptors (Lipinski definition) is 3. The summed E-state index contributed by atoms with van der Waals surface area (Å²) in [5, 5.41) is 0.611. The highest BCUT2D eigenvalue weighted by Gasteiger charge is 2.26. The molecule has 2 atom stereocenters. The average molecular weight is 255 g/mol. The van der Waals surface area contributed by atoms with Crippen molar-refractivity contribution in [1.82, 2.24) is 9.88 Å². The molecule has 1 aliphatic heterocycles. The quantitative estimate of drug-likeness (QED) is 0.776. The van der Waals surface area contributed by atoms with Crippen molar-refractivity contribution >= 4 is 11.6 Å². The predicted octanol–water partition coefficient (Wildman–Crippen LogP) is 2.59. The number of halogens is 1. The van der Waals surface area contributed by atoms with E-state index in [1.54, 1.807) is 13.3 Å². The molecule has 1 aromatic rings. The molecule has 1 aliphatic rings. The van der Waals surface area contributed by atoms with E-state index in [0.29, 0.717) is 17.2 Å². The molecule has 0 spiro atoms. The van der Waals surface area contributed by atoms with Crippen LogP contribution < -0.4 is 0 Å². The smallest absolute Gasteiger partial charge is 0.133 e. The molecule has 3 nitrogen and oxygen atoms in total. The number of aromatic nitrogens is 1. The molecule has 0 aromatic carbocycles. The second-order valence-electron chi connectivity index (χ2n) is 4.73. The summed E-state index contributed by atoms with van der Waals surface area (Å²) < 4.78 is 5.51. The number of rotatable bonds is 3. The van der Waals surface area contributed by atoms with Crippen LogP contribution in [0.5, 0.6) is 0 Å². The molecule has 0 saturated carbocycles. The molecule has 0 bridgehead atoms. The van der Waals surface area contributed by atoms with Gasteiger partial charge >= 0.3 is 0 Å². The molecule has 0 radical (unpaired) electrons.